The summed E-state index contributed by atoms with van der Waals surface area (Å²) >= 11 is 0. The van der Waals surface area contributed by atoms with Crippen LogP contribution >= 0.6 is 0 Å². The molecule has 0 aliphatic carbocycles. The summed E-state index contributed by atoms with van der Waals surface area (Å²) in [4.78, 5) is 26.1. The van der Waals surface area contributed by atoms with Crippen LogP contribution in [0.4, 0.5) is 0 Å². The van der Waals surface area contributed by atoms with Gasteiger partial charge in [0.05, 0.1) is 7.11 Å². The highest BCUT2D eigenvalue weighted by Crippen LogP contribution is 2.29. The fourth-order valence-electron chi connectivity index (χ4n) is 3.78. The van der Waals surface area contributed by atoms with E-state index in [4.69, 9.17) is 9.15 Å². The molecule has 1 aliphatic heterocycles. The van der Waals surface area contributed by atoms with Gasteiger partial charge < -0.3 is 9.15 Å². The lowest BCUT2D eigenvalue weighted by atomic mass is 9.95. The van der Waals surface area contributed by atoms with Gasteiger partial charge in [-0.05, 0) is 61.1 Å². The smallest absolute Gasteiger partial charge is 0.336 e. The van der Waals surface area contributed by atoms with Gasteiger partial charge in [-0.15, -0.1) is 0 Å². The second kappa shape index (κ2) is 7.00. The van der Waals surface area contributed by atoms with Crippen molar-refractivity contribution in [3.63, 3.8) is 0 Å². The Balaban J connectivity index is 2.04. The second-order valence-corrected chi connectivity index (χ2v) is 7.10. The molecule has 0 bridgehead atoms. The first-order chi connectivity index (χ1) is 11.9. The molecule has 1 atom stereocenters. The topological polar surface area (TPSA) is 59.8 Å². The molecule has 1 aromatic carbocycles. The number of nitrogens with zero attached hydrogens (tertiary/aromatic N) is 1. The normalized spacial score (nSPS) is 18.2. The first-order valence-corrected chi connectivity index (χ1v) is 8.80. The number of fused-ring (bicyclic) bond motifs is 1. The number of likely N-dealkylation sites (tertiary alicyclic amines) is 1. The number of benzene rings is 1. The Morgan fingerprint density at radius 3 is 2.80 bits per heavy atom. The number of esters is 1. The fraction of sp³-hybridized carbons (Fsp3) is 0.500. The lowest BCUT2D eigenvalue weighted by Crippen LogP contribution is -2.36. The number of carbonyl (C=O) groups is 1. The number of ether oxygens (including phenoxy) is 1. The zero-order valence-electron chi connectivity index (χ0n) is 15.3. The van der Waals surface area contributed by atoms with Crippen LogP contribution in [0.25, 0.3) is 11.0 Å². The van der Waals surface area contributed by atoms with Gasteiger partial charge in [-0.1, -0.05) is 13.8 Å². The van der Waals surface area contributed by atoms with Crippen molar-refractivity contribution in [3.8, 4) is 0 Å². The molecule has 0 spiro atoms. The maximum absolute atomic E-state index is 12.0. The van der Waals surface area contributed by atoms with Crippen molar-refractivity contribution in [1.82, 2.24) is 4.90 Å². The third-order valence-corrected chi connectivity index (χ3v) is 5.05. The van der Waals surface area contributed by atoms with Crippen molar-refractivity contribution >= 4 is 16.9 Å². The zero-order valence-corrected chi connectivity index (χ0v) is 15.3. The van der Waals surface area contributed by atoms with Crippen molar-refractivity contribution in [2.24, 2.45) is 0 Å². The Morgan fingerprint density at radius 1 is 1.36 bits per heavy atom. The molecule has 1 fully saturated rings. The molecule has 0 radical (unpaired) electrons. The summed E-state index contributed by atoms with van der Waals surface area (Å²) in [7, 11) is 1.42. The highest BCUT2D eigenvalue weighted by atomic mass is 16.5. The van der Waals surface area contributed by atoms with E-state index in [-0.39, 0.29) is 17.6 Å². The summed E-state index contributed by atoms with van der Waals surface area (Å²) in [5.41, 5.74) is 3.53. The molecule has 0 saturated carbocycles. The number of methoxy groups -OCH3 is 1. The highest BCUT2D eigenvalue weighted by Gasteiger charge is 2.31. The molecule has 0 amide bonds. The molecular weight excluding hydrogens is 318 g/mol. The van der Waals surface area contributed by atoms with E-state index in [0.717, 1.165) is 35.9 Å². The van der Waals surface area contributed by atoms with Crippen molar-refractivity contribution in [2.45, 2.75) is 52.1 Å². The van der Waals surface area contributed by atoms with Crippen LogP contribution in [-0.4, -0.2) is 30.6 Å². The monoisotopic (exact) mass is 343 g/mol. The first-order valence-electron chi connectivity index (χ1n) is 8.80. The van der Waals surface area contributed by atoms with E-state index in [1.807, 2.05) is 13.0 Å². The van der Waals surface area contributed by atoms with Gasteiger partial charge in [0.1, 0.15) is 11.6 Å². The van der Waals surface area contributed by atoms with E-state index in [1.165, 1.54) is 12.7 Å². The van der Waals surface area contributed by atoms with E-state index in [2.05, 4.69) is 24.8 Å². The third kappa shape index (κ3) is 3.47. The number of aryl methyl sites for hydroxylation is 1. The van der Waals surface area contributed by atoms with Crippen LogP contribution in [0.5, 0.6) is 0 Å². The van der Waals surface area contributed by atoms with Gasteiger partial charge in [0.15, 0.2) is 0 Å². The van der Waals surface area contributed by atoms with Gasteiger partial charge in [-0.2, -0.15) is 0 Å². The molecule has 134 valence electrons. The predicted molar refractivity (Wildman–Crippen MR) is 96.8 cm³/mol. The van der Waals surface area contributed by atoms with E-state index in [0.29, 0.717) is 18.0 Å². The summed E-state index contributed by atoms with van der Waals surface area (Å²) in [6.07, 6.45) is 1.75. The van der Waals surface area contributed by atoms with Gasteiger partial charge in [0, 0.05) is 18.0 Å². The molecule has 2 aromatic rings. The van der Waals surface area contributed by atoms with Crippen molar-refractivity contribution in [2.75, 3.05) is 13.7 Å². The summed E-state index contributed by atoms with van der Waals surface area (Å²) in [6, 6.07) is 5.38. The Hall–Kier alpha value is -2.14. The molecule has 0 unspecified atom stereocenters. The van der Waals surface area contributed by atoms with Crippen molar-refractivity contribution in [1.29, 1.82) is 0 Å². The minimum Gasteiger partial charge on any atom is -0.468 e. The standard InChI is InChI=1S/C20H25NO4/c1-12(2)15-10-16-14(9-19(22)25-18(16)8-13(15)3)11-21-7-5-6-17(21)20(23)24-4/h8-10,12,17H,5-7,11H2,1-4H3/t17-/m0/s1. The van der Waals surface area contributed by atoms with Gasteiger partial charge in [-0.25, -0.2) is 4.79 Å². The average Bonchev–Trinajstić information content (AvgIpc) is 3.01. The van der Waals surface area contributed by atoms with Crippen LogP contribution < -0.4 is 5.63 Å². The van der Waals surface area contributed by atoms with E-state index in [9.17, 15) is 9.59 Å². The molecule has 0 N–H and O–H groups in total. The number of hydrogen-bond donors (Lipinski definition) is 0. The minimum atomic E-state index is -0.354. The summed E-state index contributed by atoms with van der Waals surface area (Å²) < 4.78 is 10.3. The van der Waals surface area contributed by atoms with Crippen LogP contribution in [-0.2, 0) is 16.1 Å². The summed E-state index contributed by atoms with van der Waals surface area (Å²) in [5, 5.41) is 0.949. The molecule has 25 heavy (non-hydrogen) atoms. The van der Waals surface area contributed by atoms with Crippen LogP contribution in [0.2, 0.25) is 0 Å². The molecule has 5 heteroatoms. The fourth-order valence-corrected chi connectivity index (χ4v) is 3.78. The second-order valence-electron chi connectivity index (χ2n) is 7.10. The van der Waals surface area contributed by atoms with Gasteiger partial charge in [0.2, 0.25) is 0 Å². The lowest BCUT2D eigenvalue weighted by molar-refractivity contribution is -0.146. The van der Waals surface area contributed by atoms with Gasteiger partial charge in [0.25, 0.3) is 0 Å². The van der Waals surface area contributed by atoms with Crippen molar-refractivity contribution in [3.05, 3.63) is 45.3 Å². The molecule has 5 nitrogen and oxygen atoms in total. The Kier molecular flexibility index (Phi) is 4.95. The summed E-state index contributed by atoms with van der Waals surface area (Å²) in [6.45, 7) is 7.71. The summed E-state index contributed by atoms with van der Waals surface area (Å²) in [5.74, 6) is 0.183. The zero-order chi connectivity index (χ0) is 18.1. The molecule has 1 aliphatic rings. The molecule has 2 heterocycles. The van der Waals surface area contributed by atoms with Crippen molar-refractivity contribution < 1.29 is 13.9 Å². The van der Waals surface area contributed by atoms with Gasteiger partial charge in [-0.3, -0.25) is 9.69 Å². The molecule has 1 aromatic heterocycles. The Morgan fingerprint density at radius 2 is 2.12 bits per heavy atom. The van der Waals surface area contributed by atoms with E-state index >= 15 is 0 Å². The number of hydrogen-bond acceptors (Lipinski definition) is 5. The van der Waals surface area contributed by atoms with E-state index < -0.39 is 0 Å². The molecule has 3 rings (SSSR count). The quantitative estimate of drug-likeness (QED) is 0.629. The minimum absolute atomic E-state index is 0.205. The lowest BCUT2D eigenvalue weighted by Gasteiger charge is -2.23. The molecular formula is C20H25NO4. The van der Waals surface area contributed by atoms with Gasteiger partial charge >= 0.3 is 11.6 Å². The maximum atomic E-state index is 12.0. The first kappa shape index (κ1) is 17.7. The predicted octanol–water partition coefficient (Wildman–Crippen LogP) is 3.36. The highest BCUT2D eigenvalue weighted by molar-refractivity contribution is 5.82. The van der Waals surface area contributed by atoms with E-state index in [1.54, 1.807) is 6.07 Å². The Labute approximate surface area is 147 Å². The maximum Gasteiger partial charge on any atom is 0.336 e. The Bertz CT molecular complexity index is 853. The van der Waals surface area contributed by atoms with Crippen LogP contribution in [0.1, 0.15) is 49.3 Å². The van der Waals surface area contributed by atoms with Crippen LogP contribution in [0.3, 0.4) is 0 Å². The van der Waals surface area contributed by atoms with Crippen LogP contribution in [0, 0.1) is 6.92 Å². The third-order valence-electron chi connectivity index (χ3n) is 5.05. The van der Waals surface area contributed by atoms with Crippen LogP contribution in [0.15, 0.2) is 27.4 Å². The SMILES string of the molecule is COC(=O)[C@@H]1CCCN1Cc1cc(=O)oc2cc(C)c(C(C)C)cc12. The average molecular weight is 343 g/mol. The number of carbonyl (C=O) groups excluding carboxylic acids is 1. The number of rotatable bonds is 4. The molecule has 1 saturated heterocycles. The largest absolute Gasteiger partial charge is 0.468 e.